The molecule has 114 valence electrons. The lowest BCUT2D eigenvalue weighted by Crippen LogP contribution is -3.17. The van der Waals surface area contributed by atoms with Crippen LogP contribution in [0.3, 0.4) is 0 Å². The molecule has 0 aliphatic carbocycles. The summed E-state index contributed by atoms with van der Waals surface area (Å²) >= 11 is 5.97. The molecule has 1 heterocycles. The third-order valence-corrected chi connectivity index (χ3v) is 4.23. The van der Waals surface area contributed by atoms with Crippen LogP contribution < -0.4 is 10.2 Å². The van der Waals surface area contributed by atoms with Gasteiger partial charge in [0.2, 0.25) is 0 Å². The van der Waals surface area contributed by atoms with Crippen LogP contribution in [0.1, 0.15) is 26.2 Å². The fraction of sp³-hybridized carbons (Fsp3) is 0.500. The molecule has 1 aromatic carbocycles. The van der Waals surface area contributed by atoms with Crippen LogP contribution in [0.15, 0.2) is 18.2 Å². The van der Waals surface area contributed by atoms with Gasteiger partial charge in [-0.2, -0.15) is 0 Å². The summed E-state index contributed by atoms with van der Waals surface area (Å²) in [6.45, 7) is 3.49. The van der Waals surface area contributed by atoms with Gasteiger partial charge in [0, 0.05) is 12.1 Å². The van der Waals surface area contributed by atoms with Crippen LogP contribution in [0, 0.1) is 10.1 Å². The van der Waals surface area contributed by atoms with Gasteiger partial charge in [-0.25, -0.2) is 0 Å². The molecule has 2 N–H and O–H groups in total. The van der Waals surface area contributed by atoms with Crippen molar-refractivity contribution in [3.8, 4) is 0 Å². The van der Waals surface area contributed by atoms with Crippen LogP contribution in [0.4, 0.5) is 11.4 Å². The molecule has 1 aliphatic heterocycles. The molecule has 2 atom stereocenters. The molecule has 6 nitrogen and oxygen atoms in total. The zero-order chi connectivity index (χ0) is 15.4. The number of halogens is 1. The molecule has 1 aliphatic rings. The lowest BCUT2D eigenvalue weighted by Gasteiger charge is -2.29. The van der Waals surface area contributed by atoms with Gasteiger partial charge in [-0.3, -0.25) is 14.9 Å². The second-order valence-corrected chi connectivity index (χ2v) is 5.86. The van der Waals surface area contributed by atoms with Gasteiger partial charge in [-0.1, -0.05) is 11.6 Å². The molecule has 1 amide bonds. The average molecular weight is 313 g/mol. The van der Waals surface area contributed by atoms with Gasteiger partial charge in [-0.15, -0.1) is 0 Å². The van der Waals surface area contributed by atoms with Crippen molar-refractivity contribution < 1.29 is 14.6 Å². The number of hydrogen-bond donors (Lipinski definition) is 2. The van der Waals surface area contributed by atoms with E-state index in [-0.39, 0.29) is 11.6 Å². The van der Waals surface area contributed by atoms with E-state index in [0.29, 0.717) is 23.3 Å². The number of benzene rings is 1. The summed E-state index contributed by atoms with van der Waals surface area (Å²) in [4.78, 5) is 23.6. The number of carbonyl (C=O) groups is 1. The number of nitrogens with zero attached hydrogens (tertiary/aromatic N) is 1. The number of piperidine rings is 1. The highest BCUT2D eigenvalue weighted by Crippen LogP contribution is 2.26. The molecule has 1 unspecified atom stereocenters. The van der Waals surface area contributed by atoms with E-state index in [4.69, 9.17) is 11.6 Å². The van der Waals surface area contributed by atoms with Gasteiger partial charge < -0.3 is 10.2 Å². The average Bonchev–Trinajstić information content (AvgIpc) is 2.43. The Morgan fingerprint density at radius 2 is 2.29 bits per heavy atom. The first-order valence-corrected chi connectivity index (χ1v) is 7.43. The van der Waals surface area contributed by atoms with Crippen LogP contribution >= 0.6 is 11.6 Å². The Hall–Kier alpha value is -1.66. The summed E-state index contributed by atoms with van der Waals surface area (Å²) in [5.74, 6) is -0.166. The summed E-state index contributed by atoms with van der Waals surface area (Å²) in [5.41, 5.74) is 0.202. The first kappa shape index (κ1) is 15.7. The summed E-state index contributed by atoms with van der Waals surface area (Å²) in [6.07, 6.45) is 3.47. The van der Waals surface area contributed by atoms with Gasteiger partial charge in [0.15, 0.2) is 6.54 Å². The molecular formula is C14H19ClN3O3+. The van der Waals surface area contributed by atoms with Crippen LogP contribution in [-0.4, -0.2) is 30.0 Å². The van der Waals surface area contributed by atoms with E-state index in [1.165, 1.54) is 29.5 Å². The van der Waals surface area contributed by atoms with Gasteiger partial charge >= 0.3 is 0 Å². The first-order valence-electron chi connectivity index (χ1n) is 7.05. The van der Waals surface area contributed by atoms with Crippen molar-refractivity contribution in [3.05, 3.63) is 33.3 Å². The fourth-order valence-corrected chi connectivity index (χ4v) is 2.80. The SMILES string of the molecule is C[C@H]1CCCC[NH+]1CC(=O)Nc1cc([N+](=O)[O-])ccc1Cl. The molecule has 7 heteroatoms. The maximum Gasteiger partial charge on any atom is 0.279 e. The Balaban J connectivity index is 2.02. The lowest BCUT2D eigenvalue weighted by atomic mass is 10.0. The number of nitro groups is 1. The van der Waals surface area contributed by atoms with Crippen molar-refractivity contribution in [2.75, 3.05) is 18.4 Å². The number of rotatable bonds is 4. The van der Waals surface area contributed by atoms with Gasteiger partial charge in [0.1, 0.15) is 0 Å². The second kappa shape index (κ2) is 6.87. The number of amides is 1. The predicted octanol–water partition coefficient (Wildman–Crippen LogP) is 1.64. The van der Waals surface area contributed by atoms with Crippen LogP contribution in [0.2, 0.25) is 5.02 Å². The van der Waals surface area contributed by atoms with E-state index >= 15 is 0 Å². The molecule has 0 aromatic heterocycles. The molecule has 0 bridgehead atoms. The Labute approximate surface area is 128 Å². The highest BCUT2D eigenvalue weighted by Gasteiger charge is 2.24. The lowest BCUT2D eigenvalue weighted by molar-refractivity contribution is -0.920. The van der Waals surface area contributed by atoms with Crippen molar-refractivity contribution in [1.82, 2.24) is 0 Å². The molecule has 0 saturated carbocycles. The molecule has 0 spiro atoms. The van der Waals surface area contributed by atoms with Crippen molar-refractivity contribution in [3.63, 3.8) is 0 Å². The predicted molar refractivity (Wildman–Crippen MR) is 80.7 cm³/mol. The highest BCUT2D eigenvalue weighted by atomic mass is 35.5. The number of nitro benzene ring substituents is 1. The van der Waals surface area contributed by atoms with Crippen molar-refractivity contribution in [2.24, 2.45) is 0 Å². The maximum absolute atomic E-state index is 12.1. The standard InChI is InChI=1S/C14H18ClN3O3/c1-10-4-2-3-7-17(10)9-14(19)16-13-8-11(18(20)21)5-6-12(13)15/h5-6,8,10H,2-4,7,9H2,1H3,(H,16,19)/p+1/t10-/m0/s1. The number of non-ortho nitro benzene ring substituents is 1. The van der Waals surface area contributed by atoms with Crippen LogP contribution in [0.5, 0.6) is 0 Å². The number of anilines is 1. The molecule has 0 radical (unpaired) electrons. The Bertz CT molecular complexity index is 550. The van der Waals surface area contributed by atoms with E-state index in [1.807, 2.05) is 0 Å². The molecule has 21 heavy (non-hydrogen) atoms. The number of carbonyl (C=O) groups excluding carboxylic acids is 1. The summed E-state index contributed by atoms with van der Waals surface area (Å²) in [7, 11) is 0. The minimum absolute atomic E-state index is 0.0895. The van der Waals surface area contributed by atoms with Gasteiger partial charge in [-0.05, 0) is 32.3 Å². The minimum atomic E-state index is -0.510. The Kier molecular flexibility index (Phi) is 5.14. The summed E-state index contributed by atoms with van der Waals surface area (Å²) < 4.78 is 0. The first-order chi connectivity index (χ1) is 9.97. The number of nitrogens with one attached hydrogen (secondary N) is 2. The minimum Gasteiger partial charge on any atom is -0.325 e. The molecule has 1 saturated heterocycles. The van der Waals surface area contributed by atoms with E-state index in [9.17, 15) is 14.9 Å². The van der Waals surface area contributed by atoms with E-state index in [2.05, 4.69) is 12.2 Å². The maximum atomic E-state index is 12.1. The third-order valence-electron chi connectivity index (χ3n) is 3.90. The quantitative estimate of drug-likeness (QED) is 0.655. The molecule has 1 fully saturated rings. The second-order valence-electron chi connectivity index (χ2n) is 5.45. The van der Waals surface area contributed by atoms with Gasteiger partial charge in [0.05, 0.1) is 28.2 Å². The normalized spacial score (nSPS) is 21.8. The molecule has 1 aromatic rings. The van der Waals surface area contributed by atoms with E-state index in [1.54, 1.807) is 0 Å². The van der Waals surface area contributed by atoms with Crippen molar-refractivity contribution >= 4 is 28.9 Å². The summed E-state index contributed by atoms with van der Waals surface area (Å²) in [6, 6.07) is 4.49. The molecular weight excluding hydrogens is 294 g/mol. The van der Waals surface area contributed by atoms with Crippen LogP contribution in [0.25, 0.3) is 0 Å². The largest absolute Gasteiger partial charge is 0.325 e. The zero-order valence-corrected chi connectivity index (χ0v) is 12.7. The highest BCUT2D eigenvalue weighted by molar-refractivity contribution is 6.33. The molecule has 2 rings (SSSR count). The van der Waals surface area contributed by atoms with E-state index < -0.39 is 4.92 Å². The van der Waals surface area contributed by atoms with Crippen molar-refractivity contribution in [2.45, 2.75) is 32.2 Å². The fourth-order valence-electron chi connectivity index (χ4n) is 2.64. The summed E-state index contributed by atoms with van der Waals surface area (Å²) in [5, 5.41) is 13.7. The Morgan fingerprint density at radius 3 is 2.95 bits per heavy atom. The smallest absolute Gasteiger partial charge is 0.279 e. The van der Waals surface area contributed by atoms with Crippen molar-refractivity contribution in [1.29, 1.82) is 0 Å². The topological polar surface area (TPSA) is 76.7 Å². The zero-order valence-electron chi connectivity index (χ0n) is 11.9. The van der Waals surface area contributed by atoms with Crippen LogP contribution in [-0.2, 0) is 4.79 Å². The van der Waals surface area contributed by atoms with Gasteiger partial charge in [0.25, 0.3) is 11.6 Å². The Morgan fingerprint density at radius 1 is 1.52 bits per heavy atom. The number of hydrogen-bond acceptors (Lipinski definition) is 3. The third kappa shape index (κ3) is 4.15. The number of quaternary nitrogens is 1. The number of likely N-dealkylation sites (tertiary alicyclic amines) is 1. The monoisotopic (exact) mass is 312 g/mol. The van der Waals surface area contributed by atoms with E-state index in [0.717, 1.165) is 19.4 Å².